The van der Waals surface area contributed by atoms with Crippen molar-refractivity contribution in [2.75, 3.05) is 17.2 Å². The molecule has 154 valence electrons. The van der Waals surface area contributed by atoms with Crippen molar-refractivity contribution in [3.63, 3.8) is 0 Å². The summed E-state index contributed by atoms with van der Waals surface area (Å²) >= 11 is 18.0. The van der Waals surface area contributed by atoms with Crippen molar-refractivity contribution in [3.8, 4) is 5.75 Å². The highest BCUT2D eigenvalue weighted by molar-refractivity contribution is 6.37. The number of carbonyl (C=O) groups is 2. The van der Waals surface area contributed by atoms with Crippen LogP contribution >= 0.6 is 34.8 Å². The van der Waals surface area contributed by atoms with Crippen LogP contribution < -0.4 is 15.4 Å². The van der Waals surface area contributed by atoms with Crippen molar-refractivity contribution in [2.45, 2.75) is 6.92 Å². The predicted octanol–water partition coefficient (Wildman–Crippen LogP) is 6.55. The molecule has 0 heterocycles. The summed E-state index contributed by atoms with van der Waals surface area (Å²) in [6, 6.07) is 16.2. The number of anilines is 2. The van der Waals surface area contributed by atoms with E-state index >= 15 is 0 Å². The molecule has 5 nitrogen and oxygen atoms in total. The summed E-state index contributed by atoms with van der Waals surface area (Å²) in [6.45, 7) is 2.34. The van der Waals surface area contributed by atoms with Crippen LogP contribution in [0.4, 0.5) is 11.4 Å². The second-order valence-corrected chi connectivity index (χ2v) is 7.44. The Kier molecular flexibility index (Phi) is 7.21. The topological polar surface area (TPSA) is 67.4 Å². The molecule has 0 fully saturated rings. The number of hydrogen-bond acceptors (Lipinski definition) is 3. The number of benzene rings is 3. The van der Waals surface area contributed by atoms with Crippen LogP contribution in [0.1, 0.15) is 27.6 Å². The van der Waals surface area contributed by atoms with Gasteiger partial charge in [0.05, 0.1) is 22.2 Å². The first kappa shape index (κ1) is 22.0. The fourth-order valence-corrected chi connectivity index (χ4v) is 3.36. The van der Waals surface area contributed by atoms with Gasteiger partial charge in [-0.25, -0.2) is 0 Å². The first-order valence-electron chi connectivity index (χ1n) is 8.97. The molecule has 0 atom stereocenters. The van der Waals surface area contributed by atoms with Gasteiger partial charge in [-0.2, -0.15) is 0 Å². The van der Waals surface area contributed by atoms with Gasteiger partial charge in [0.15, 0.2) is 0 Å². The molecule has 0 bridgehead atoms. The number of amides is 2. The van der Waals surface area contributed by atoms with Crippen molar-refractivity contribution in [1.82, 2.24) is 0 Å². The van der Waals surface area contributed by atoms with E-state index in [2.05, 4.69) is 10.6 Å². The number of halogens is 3. The first-order valence-corrected chi connectivity index (χ1v) is 10.1. The lowest BCUT2D eigenvalue weighted by Gasteiger charge is -2.10. The Morgan fingerprint density at radius 3 is 2.00 bits per heavy atom. The third-order valence-corrected chi connectivity index (χ3v) is 4.91. The smallest absolute Gasteiger partial charge is 0.257 e. The van der Waals surface area contributed by atoms with E-state index in [0.29, 0.717) is 44.9 Å². The van der Waals surface area contributed by atoms with E-state index in [1.165, 1.54) is 6.07 Å². The van der Waals surface area contributed by atoms with Gasteiger partial charge in [0.25, 0.3) is 11.8 Å². The summed E-state index contributed by atoms with van der Waals surface area (Å²) in [6.07, 6.45) is 0. The van der Waals surface area contributed by atoms with Gasteiger partial charge in [0, 0.05) is 22.0 Å². The Morgan fingerprint density at radius 2 is 1.43 bits per heavy atom. The molecule has 0 unspecified atom stereocenters. The van der Waals surface area contributed by atoms with Gasteiger partial charge < -0.3 is 15.4 Å². The van der Waals surface area contributed by atoms with Gasteiger partial charge in [0.2, 0.25) is 0 Å². The minimum Gasteiger partial charge on any atom is -0.492 e. The summed E-state index contributed by atoms with van der Waals surface area (Å²) in [5.74, 6) is -0.154. The second kappa shape index (κ2) is 9.85. The molecule has 2 amide bonds. The standard InChI is InChI=1S/C22H17Cl3N2O3/c1-2-30-20-10-3-13(11-19(20)25)21(28)26-15-5-7-16(8-6-15)27-22(29)17-9-4-14(23)12-18(17)24/h3-12H,2H2,1H3,(H,26,28)(H,27,29). The van der Waals surface area contributed by atoms with Gasteiger partial charge in [-0.15, -0.1) is 0 Å². The SMILES string of the molecule is CCOc1ccc(C(=O)Nc2ccc(NC(=O)c3ccc(Cl)cc3Cl)cc2)cc1Cl. The van der Waals surface area contributed by atoms with Crippen molar-refractivity contribution < 1.29 is 14.3 Å². The highest BCUT2D eigenvalue weighted by Gasteiger charge is 2.12. The fraction of sp³-hybridized carbons (Fsp3) is 0.0909. The molecule has 0 radical (unpaired) electrons. The van der Waals surface area contributed by atoms with Crippen LogP contribution in [0, 0.1) is 0 Å². The largest absolute Gasteiger partial charge is 0.492 e. The van der Waals surface area contributed by atoms with Crippen molar-refractivity contribution in [3.05, 3.63) is 86.9 Å². The monoisotopic (exact) mass is 462 g/mol. The molecular weight excluding hydrogens is 447 g/mol. The van der Waals surface area contributed by atoms with Crippen LogP contribution in [0.15, 0.2) is 60.7 Å². The molecule has 0 aromatic heterocycles. The second-order valence-electron chi connectivity index (χ2n) is 6.19. The molecule has 3 rings (SSSR count). The number of nitrogens with one attached hydrogen (secondary N) is 2. The fourth-order valence-electron chi connectivity index (χ4n) is 2.63. The van der Waals surface area contributed by atoms with E-state index in [-0.39, 0.29) is 16.8 Å². The van der Waals surface area contributed by atoms with E-state index in [1.54, 1.807) is 54.6 Å². The summed E-state index contributed by atoms with van der Waals surface area (Å²) in [7, 11) is 0. The minimum atomic E-state index is -0.363. The molecule has 2 N–H and O–H groups in total. The van der Waals surface area contributed by atoms with E-state index in [4.69, 9.17) is 39.5 Å². The minimum absolute atomic E-state index is 0.262. The Balaban J connectivity index is 1.65. The molecule has 0 aliphatic carbocycles. The van der Waals surface area contributed by atoms with Crippen molar-refractivity contribution in [1.29, 1.82) is 0 Å². The van der Waals surface area contributed by atoms with E-state index in [0.717, 1.165) is 0 Å². The number of rotatable bonds is 6. The van der Waals surface area contributed by atoms with Crippen LogP contribution in [-0.4, -0.2) is 18.4 Å². The van der Waals surface area contributed by atoms with Gasteiger partial charge >= 0.3 is 0 Å². The molecule has 8 heteroatoms. The molecule has 30 heavy (non-hydrogen) atoms. The maximum atomic E-state index is 12.4. The van der Waals surface area contributed by atoms with Crippen LogP contribution in [0.25, 0.3) is 0 Å². The Labute approximate surface area is 188 Å². The predicted molar refractivity (Wildman–Crippen MR) is 121 cm³/mol. The molecule has 0 saturated carbocycles. The number of ether oxygens (including phenoxy) is 1. The van der Waals surface area contributed by atoms with Gasteiger partial charge in [-0.3, -0.25) is 9.59 Å². The normalized spacial score (nSPS) is 10.4. The Morgan fingerprint density at radius 1 is 0.800 bits per heavy atom. The van der Waals surface area contributed by atoms with Crippen LogP contribution in [-0.2, 0) is 0 Å². The van der Waals surface area contributed by atoms with E-state index in [1.807, 2.05) is 6.92 Å². The quantitative estimate of drug-likeness (QED) is 0.435. The average molecular weight is 464 g/mol. The van der Waals surface area contributed by atoms with Crippen LogP contribution in [0.5, 0.6) is 5.75 Å². The molecule has 0 spiro atoms. The van der Waals surface area contributed by atoms with Gasteiger partial charge in [0.1, 0.15) is 5.75 Å². The van der Waals surface area contributed by atoms with E-state index in [9.17, 15) is 9.59 Å². The third kappa shape index (κ3) is 5.45. The molecule has 0 aliphatic heterocycles. The van der Waals surface area contributed by atoms with Crippen molar-refractivity contribution in [2.24, 2.45) is 0 Å². The zero-order chi connectivity index (χ0) is 21.7. The lowest BCUT2D eigenvalue weighted by atomic mass is 10.2. The number of carbonyl (C=O) groups excluding carboxylic acids is 2. The van der Waals surface area contributed by atoms with Gasteiger partial charge in [-0.1, -0.05) is 34.8 Å². The molecular formula is C22H17Cl3N2O3. The molecule has 0 saturated heterocycles. The zero-order valence-electron chi connectivity index (χ0n) is 15.8. The Bertz CT molecular complexity index is 1090. The van der Waals surface area contributed by atoms with E-state index < -0.39 is 0 Å². The summed E-state index contributed by atoms with van der Waals surface area (Å²) in [5, 5.41) is 6.60. The van der Waals surface area contributed by atoms with Gasteiger partial charge in [-0.05, 0) is 67.6 Å². The average Bonchev–Trinajstić information content (AvgIpc) is 2.71. The molecule has 0 aliphatic rings. The molecule has 3 aromatic rings. The summed E-state index contributed by atoms with van der Waals surface area (Å²) in [4.78, 5) is 24.8. The molecule has 3 aromatic carbocycles. The maximum Gasteiger partial charge on any atom is 0.257 e. The zero-order valence-corrected chi connectivity index (χ0v) is 18.1. The lowest BCUT2D eigenvalue weighted by molar-refractivity contribution is 0.101. The highest BCUT2D eigenvalue weighted by atomic mass is 35.5. The lowest BCUT2D eigenvalue weighted by Crippen LogP contribution is -2.13. The highest BCUT2D eigenvalue weighted by Crippen LogP contribution is 2.26. The summed E-state index contributed by atoms with van der Waals surface area (Å²) in [5.41, 5.74) is 1.82. The third-order valence-electron chi connectivity index (χ3n) is 4.07. The summed E-state index contributed by atoms with van der Waals surface area (Å²) < 4.78 is 5.37. The number of hydrogen-bond donors (Lipinski definition) is 2. The van der Waals surface area contributed by atoms with Crippen molar-refractivity contribution >= 4 is 58.0 Å². The Hall–Kier alpha value is -2.73. The maximum absolute atomic E-state index is 12.4. The first-order chi connectivity index (χ1) is 14.4. The van der Waals surface area contributed by atoms with Crippen LogP contribution in [0.2, 0.25) is 15.1 Å². The van der Waals surface area contributed by atoms with Crippen LogP contribution in [0.3, 0.4) is 0 Å².